The Bertz CT molecular complexity index is 757. The van der Waals surface area contributed by atoms with Crippen LogP contribution in [-0.4, -0.2) is 0 Å². The number of rotatable bonds is 1. The fraction of sp³-hybridized carbons (Fsp3) is 0. The Kier molecular flexibility index (Phi) is 2.76. The van der Waals surface area contributed by atoms with Crippen LogP contribution in [0.1, 0.15) is 0 Å². The lowest BCUT2D eigenvalue weighted by Crippen LogP contribution is -1.99. The van der Waals surface area contributed by atoms with Crippen LogP contribution in [-0.2, 0) is 0 Å². The molecular formula is C15H9BrO2. The van der Waals surface area contributed by atoms with E-state index in [9.17, 15) is 4.79 Å². The lowest BCUT2D eigenvalue weighted by Gasteiger charge is -2.05. The molecule has 0 radical (unpaired) electrons. The van der Waals surface area contributed by atoms with Gasteiger partial charge in [0, 0.05) is 10.0 Å². The van der Waals surface area contributed by atoms with Gasteiger partial charge in [-0.2, -0.15) is 0 Å². The van der Waals surface area contributed by atoms with E-state index in [4.69, 9.17) is 4.42 Å². The Morgan fingerprint density at radius 1 is 0.889 bits per heavy atom. The fourth-order valence-electron chi connectivity index (χ4n) is 1.99. The van der Waals surface area contributed by atoms with Gasteiger partial charge in [-0.3, -0.25) is 0 Å². The van der Waals surface area contributed by atoms with Gasteiger partial charge in [-0.1, -0.05) is 46.3 Å². The maximum atomic E-state index is 11.6. The minimum Gasteiger partial charge on any atom is -0.430 e. The van der Waals surface area contributed by atoms with E-state index in [1.165, 1.54) is 6.26 Å². The zero-order valence-corrected chi connectivity index (χ0v) is 11.0. The number of fused-ring (bicyclic) bond motifs is 1. The van der Waals surface area contributed by atoms with E-state index < -0.39 is 0 Å². The molecule has 2 nitrogen and oxygen atoms in total. The Hall–Kier alpha value is -1.87. The Morgan fingerprint density at radius 2 is 1.56 bits per heavy atom. The van der Waals surface area contributed by atoms with Gasteiger partial charge in [0.25, 0.3) is 0 Å². The molecular weight excluding hydrogens is 292 g/mol. The molecule has 3 heteroatoms. The van der Waals surface area contributed by atoms with Gasteiger partial charge in [-0.25, -0.2) is 4.79 Å². The lowest BCUT2D eigenvalue weighted by atomic mass is 10.0. The SMILES string of the molecule is O=c1occ(-c2ccc(Br)cc2)c2ccccc12. The average Bonchev–Trinajstić information content (AvgIpc) is 2.41. The highest BCUT2D eigenvalue weighted by atomic mass is 79.9. The standard InChI is InChI=1S/C15H9BrO2/c16-11-7-5-10(6-8-11)14-9-18-15(17)13-4-2-1-3-12(13)14/h1-9H. The summed E-state index contributed by atoms with van der Waals surface area (Å²) in [5.41, 5.74) is 1.65. The van der Waals surface area contributed by atoms with E-state index in [0.717, 1.165) is 21.0 Å². The first kappa shape index (κ1) is 11.2. The molecule has 18 heavy (non-hydrogen) atoms. The van der Waals surface area contributed by atoms with Crippen LogP contribution in [0.25, 0.3) is 21.9 Å². The smallest absolute Gasteiger partial charge is 0.343 e. The van der Waals surface area contributed by atoms with E-state index in [2.05, 4.69) is 15.9 Å². The van der Waals surface area contributed by atoms with Gasteiger partial charge in [-0.05, 0) is 29.1 Å². The van der Waals surface area contributed by atoms with Gasteiger partial charge in [0.15, 0.2) is 0 Å². The fourth-order valence-corrected chi connectivity index (χ4v) is 2.25. The summed E-state index contributed by atoms with van der Waals surface area (Å²) in [5.74, 6) is 0. The normalized spacial score (nSPS) is 10.7. The predicted molar refractivity (Wildman–Crippen MR) is 75.6 cm³/mol. The molecule has 3 aromatic rings. The quantitative estimate of drug-likeness (QED) is 0.673. The molecule has 0 aliphatic heterocycles. The minimum atomic E-state index is -0.300. The molecule has 0 N–H and O–H groups in total. The van der Waals surface area contributed by atoms with E-state index >= 15 is 0 Å². The summed E-state index contributed by atoms with van der Waals surface area (Å²) in [6.07, 6.45) is 1.52. The topological polar surface area (TPSA) is 30.2 Å². The molecule has 3 rings (SSSR count). The van der Waals surface area contributed by atoms with Crippen molar-refractivity contribution >= 4 is 26.7 Å². The lowest BCUT2D eigenvalue weighted by molar-refractivity contribution is 0.521. The van der Waals surface area contributed by atoms with Crippen LogP contribution in [0, 0.1) is 0 Å². The average molecular weight is 301 g/mol. The Morgan fingerprint density at radius 3 is 2.28 bits per heavy atom. The van der Waals surface area contributed by atoms with Crippen molar-refractivity contribution in [2.75, 3.05) is 0 Å². The van der Waals surface area contributed by atoms with Crippen LogP contribution in [0.5, 0.6) is 0 Å². The van der Waals surface area contributed by atoms with Gasteiger partial charge in [0.05, 0.1) is 5.39 Å². The van der Waals surface area contributed by atoms with Crippen LogP contribution >= 0.6 is 15.9 Å². The number of benzene rings is 2. The molecule has 0 amide bonds. The van der Waals surface area contributed by atoms with Crippen molar-refractivity contribution in [3.63, 3.8) is 0 Å². The monoisotopic (exact) mass is 300 g/mol. The number of halogens is 1. The molecule has 2 aromatic carbocycles. The predicted octanol–water partition coefficient (Wildman–Crippen LogP) is 4.22. The Balaban J connectivity index is 2.33. The summed E-state index contributed by atoms with van der Waals surface area (Å²) >= 11 is 3.41. The van der Waals surface area contributed by atoms with Crippen LogP contribution in [0.2, 0.25) is 0 Å². The third-order valence-electron chi connectivity index (χ3n) is 2.88. The van der Waals surface area contributed by atoms with Crippen LogP contribution in [0.15, 0.2) is 68.5 Å². The second-order valence-electron chi connectivity index (χ2n) is 3.99. The van der Waals surface area contributed by atoms with Crippen molar-refractivity contribution in [2.24, 2.45) is 0 Å². The molecule has 0 spiro atoms. The summed E-state index contributed by atoms with van der Waals surface area (Å²) in [6, 6.07) is 15.4. The largest absolute Gasteiger partial charge is 0.430 e. The molecule has 0 saturated heterocycles. The number of hydrogen-bond acceptors (Lipinski definition) is 2. The highest BCUT2D eigenvalue weighted by Gasteiger charge is 2.07. The third kappa shape index (κ3) is 1.87. The Labute approximate surface area is 112 Å². The van der Waals surface area contributed by atoms with Gasteiger partial charge in [0.2, 0.25) is 0 Å². The molecule has 0 bridgehead atoms. The molecule has 1 aromatic heterocycles. The van der Waals surface area contributed by atoms with Gasteiger partial charge < -0.3 is 4.42 Å². The molecule has 0 aliphatic rings. The van der Waals surface area contributed by atoms with E-state index in [0.29, 0.717) is 5.39 Å². The van der Waals surface area contributed by atoms with Crippen LogP contribution in [0.4, 0.5) is 0 Å². The molecule has 1 heterocycles. The van der Waals surface area contributed by atoms with E-state index in [-0.39, 0.29) is 5.63 Å². The van der Waals surface area contributed by atoms with Gasteiger partial charge in [-0.15, -0.1) is 0 Å². The molecule has 0 fully saturated rings. The van der Waals surface area contributed by atoms with Crippen molar-refractivity contribution < 1.29 is 4.42 Å². The van der Waals surface area contributed by atoms with Crippen LogP contribution in [0.3, 0.4) is 0 Å². The third-order valence-corrected chi connectivity index (χ3v) is 3.40. The second kappa shape index (κ2) is 4.42. The van der Waals surface area contributed by atoms with Crippen molar-refractivity contribution in [1.29, 1.82) is 0 Å². The highest BCUT2D eigenvalue weighted by molar-refractivity contribution is 9.10. The van der Waals surface area contributed by atoms with Gasteiger partial charge >= 0.3 is 5.63 Å². The van der Waals surface area contributed by atoms with Crippen molar-refractivity contribution in [2.45, 2.75) is 0 Å². The van der Waals surface area contributed by atoms with E-state index in [1.54, 1.807) is 6.07 Å². The first-order valence-corrected chi connectivity index (χ1v) is 6.31. The highest BCUT2D eigenvalue weighted by Crippen LogP contribution is 2.27. The second-order valence-corrected chi connectivity index (χ2v) is 4.90. The molecule has 0 unspecified atom stereocenters. The number of hydrogen-bond donors (Lipinski definition) is 0. The summed E-state index contributed by atoms with van der Waals surface area (Å²) in [6.45, 7) is 0. The molecule has 0 saturated carbocycles. The van der Waals surface area contributed by atoms with Crippen molar-refractivity contribution in [1.82, 2.24) is 0 Å². The first-order valence-electron chi connectivity index (χ1n) is 5.52. The zero-order chi connectivity index (χ0) is 12.5. The van der Waals surface area contributed by atoms with Crippen molar-refractivity contribution in [3.05, 3.63) is 69.7 Å². The maximum Gasteiger partial charge on any atom is 0.343 e. The zero-order valence-electron chi connectivity index (χ0n) is 9.39. The minimum absolute atomic E-state index is 0.300. The maximum absolute atomic E-state index is 11.6. The molecule has 0 aliphatic carbocycles. The summed E-state index contributed by atoms with van der Waals surface area (Å²) < 4.78 is 6.11. The van der Waals surface area contributed by atoms with E-state index in [1.807, 2.05) is 42.5 Å². The van der Waals surface area contributed by atoms with Crippen molar-refractivity contribution in [3.8, 4) is 11.1 Å². The first-order chi connectivity index (χ1) is 8.75. The molecule has 88 valence electrons. The summed E-state index contributed by atoms with van der Waals surface area (Å²) in [4.78, 5) is 11.6. The van der Waals surface area contributed by atoms with Gasteiger partial charge in [0.1, 0.15) is 6.26 Å². The summed E-state index contributed by atoms with van der Waals surface area (Å²) in [5, 5.41) is 1.52. The summed E-state index contributed by atoms with van der Waals surface area (Å²) in [7, 11) is 0. The molecule has 0 atom stereocenters. The van der Waals surface area contributed by atoms with Crippen LogP contribution < -0.4 is 5.63 Å².